The molecule has 0 aliphatic rings. The first-order valence-corrected chi connectivity index (χ1v) is 6.86. The number of methoxy groups -OCH3 is 1. The van der Waals surface area contributed by atoms with Crippen molar-refractivity contribution in [2.24, 2.45) is 0 Å². The van der Waals surface area contributed by atoms with Gasteiger partial charge in [-0.3, -0.25) is 0 Å². The Morgan fingerprint density at radius 3 is 2.24 bits per heavy atom. The Morgan fingerprint density at radius 2 is 1.67 bits per heavy atom. The topological polar surface area (TPSA) is 18.5 Å². The molecule has 3 heteroatoms. The molecule has 21 heavy (non-hydrogen) atoms. The molecule has 0 N–H and O–H groups in total. The van der Waals surface area contributed by atoms with Gasteiger partial charge in [-0.05, 0) is 48.4 Å². The SMILES string of the molecule is C=CCC(COc1ccc(F)cc1)c1ccc(OC)cc1. The van der Waals surface area contributed by atoms with E-state index in [2.05, 4.69) is 6.58 Å². The van der Waals surface area contributed by atoms with Gasteiger partial charge in [-0.25, -0.2) is 4.39 Å². The molecule has 0 saturated heterocycles. The first-order valence-electron chi connectivity index (χ1n) is 6.86. The van der Waals surface area contributed by atoms with Gasteiger partial charge in [0.2, 0.25) is 0 Å². The summed E-state index contributed by atoms with van der Waals surface area (Å²) in [5.41, 5.74) is 1.16. The van der Waals surface area contributed by atoms with E-state index in [4.69, 9.17) is 9.47 Å². The number of hydrogen-bond donors (Lipinski definition) is 0. The van der Waals surface area contributed by atoms with E-state index in [1.54, 1.807) is 19.2 Å². The lowest BCUT2D eigenvalue weighted by Gasteiger charge is -2.17. The molecule has 110 valence electrons. The normalized spacial score (nSPS) is 11.7. The Hall–Kier alpha value is -2.29. The van der Waals surface area contributed by atoms with Crippen LogP contribution in [0.25, 0.3) is 0 Å². The van der Waals surface area contributed by atoms with Gasteiger partial charge in [0.15, 0.2) is 0 Å². The second-order valence-electron chi connectivity index (χ2n) is 4.76. The van der Waals surface area contributed by atoms with Gasteiger partial charge in [0.1, 0.15) is 17.3 Å². The van der Waals surface area contributed by atoms with E-state index in [1.165, 1.54) is 12.1 Å². The molecule has 2 nitrogen and oxygen atoms in total. The zero-order chi connectivity index (χ0) is 15.1. The minimum atomic E-state index is -0.264. The molecule has 0 aromatic heterocycles. The van der Waals surface area contributed by atoms with Gasteiger partial charge in [0.25, 0.3) is 0 Å². The van der Waals surface area contributed by atoms with E-state index < -0.39 is 0 Å². The summed E-state index contributed by atoms with van der Waals surface area (Å²) in [6.07, 6.45) is 2.69. The van der Waals surface area contributed by atoms with Gasteiger partial charge in [-0.1, -0.05) is 18.2 Å². The molecule has 0 bridgehead atoms. The van der Waals surface area contributed by atoms with Crippen molar-refractivity contribution in [1.29, 1.82) is 0 Å². The van der Waals surface area contributed by atoms with Crippen LogP contribution in [0, 0.1) is 5.82 Å². The first-order chi connectivity index (χ1) is 10.2. The Bertz CT molecular complexity index is 561. The van der Waals surface area contributed by atoms with Crippen LogP contribution in [0.2, 0.25) is 0 Å². The van der Waals surface area contributed by atoms with E-state index in [0.717, 1.165) is 17.7 Å². The van der Waals surface area contributed by atoms with Crippen LogP contribution in [-0.4, -0.2) is 13.7 Å². The van der Waals surface area contributed by atoms with Crippen LogP contribution in [0.15, 0.2) is 61.2 Å². The lowest BCUT2D eigenvalue weighted by molar-refractivity contribution is 0.288. The Morgan fingerprint density at radius 1 is 1.05 bits per heavy atom. The predicted octanol–water partition coefficient (Wildman–Crippen LogP) is 4.57. The summed E-state index contributed by atoms with van der Waals surface area (Å²) in [4.78, 5) is 0. The molecule has 0 radical (unpaired) electrons. The summed E-state index contributed by atoms with van der Waals surface area (Å²) >= 11 is 0. The molecule has 0 aliphatic carbocycles. The molecule has 2 rings (SSSR count). The van der Waals surface area contributed by atoms with Crippen LogP contribution < -0.4 is 9.47 Å². The van der Waals surface area contributed by atoms with Crippen molar-refractivity contribution in [3.05, 3.63) is 72.6 Å². The highest BCUT2D eigenvalue weighted by atomic mass is 19.1. The molecular formula is C18H19FO2. The van der Waals surface area contributed by atoms with Crippen LogP contribution in [0.5, 0.6) is 11.5 Å². The summed E-state index contributed by atoms with van der Waals surface area (Å²) in [6, 6.07) is 14.0. The lowest BCUT2D eigenvalue weighted by Crippen LogP contribution is -2.10. The van der Waals surface area contributed by atoms with E-state index in [-0.39, 0.29) is 11.7 Å². The largest absolute Gasteiger partial charge is 0.497 e. The minimum Gasteiger partial charge on any atom is -0.497 e. The maximum atomic E-state index is 12.9. The second-order valence-corrected chi connectivity index (χ2v) is 4.76. The van der Waals surface area contributed by atoms with Crippen molar-refractivity contribution in [2.45, 2.75) is 12.3 Å². The summed E-state index contributed by atoms with van der Waals surface area (Å²) in [7, 11) is 1.65. The van der Waals surface area contributed by atoms with Crippen molar-refractivity contribution >= 4 is 0 Å². The van der Waals surface area contributed by atoms with Gasteiger partial charge in [0, 0.05) is 5.92 Å². The van der Waals surface area contributed by atoms with Gasteiger partial charge in [-0.15, -0.1) is 6.58 Å². The summed E-state index contributed by atoms with van der Waals surface area (Å²) in [5.74, 6) is 1.44. The molecule has 0 heterocycles. The minimum absolute atomic E-state index is 0.207. The fourth-order valence-electron chi connectivity index (χ4n) is 2.11. The van der Waals surface area contributed by atoms with Gasteiger partial charge in [-0.2, -0.15) is 0 Å². The first kappa shape index (κ1) is 15.1. The maximum absolute atomic E-state index is 12.9. The van der Waals surface area contributed by atoms with Gasteiger partial charge >= 0.3 is 0 Å². The molecule has 0 saturated carbocycles. The number of rotatable bonds is 7. The van der Waals surface area contributed by atoms with Crippen molar-refractivity contribution in [2.75, 3.05) is 13.7 Å². The zero-order valence-corrected chi connectivity index (χ0v) is 12.1. The average molecular weight is 286 g/mol. The monoisotopic (exact) mass is 286 g/mol. The summed E-state index contributed by atoms with van der Waals surface area (Å²) in [6.45, 7) is 4.31. The van der Waals surface area contributed by atoms with Crippen LogP contribution >= 0.6 is 0 Å². The zero-order valence-electron chi connectivity index (χ0n) is 12.1. The maximum Gasteiger partial charge on any atom is 0.123 e. The molecular weight excluding hydrogens is 267 g/mol. The smallest absolute Gasteiger partial charge is 0.123 e. The van der Waals surface area contributed by atoms with Crippen molar-refractivity contribution < 1.29 is 13.9 Å². The third kappa shape index (κ3) is 4.35. The molecule has 1 unspecified atom stereocenters. The highest BCUT2D eigenvalue weighted by Crippen LogP contribution is 2.24. The summed E-state index contributed by atoms with van der Waals surface area (Å²) < 4.78 is 23.8. The molecule has 1 atom stereocenters. The summed E-state index contributed by atoms with van der Waals surface area (Å²) in [5, 5.41) is 0. The van der Waals surface area contributed by atoms with E-state index in [9.17, 15) is 4.39 Å². The molecule has 0 aliphatic heterocycles. The Labute approximate surface area is 124 Å². The van der Waals surface area contributed by atoms with Crippen LogP contribution in [0.1, 0.15) is 17.9 Å². The van der Waals surface area contributed by atoms with E-state index in [1.807, 2.05) is 30.3 Å². The standard InChI is InChI=1S/C18H19FO2/c1-3-4-15(14-5-9-17(20-2)10-6-14)13-21-18-11-7-16(19)8-12-18/h3,5-12,15H,1,4,13H2,2H3. The Kier molecular flexibility index (Phi) is 5.38. The fourth-order valence-corrected chi connectivity index (χ4v) is 2.11. The van der Waals surface area contributed by atoms with Gasteiger partial charge in [0.05, 0.1) is 13.7 Å². The molecule has 0 amide bonds. The van der Waals surface area contributed by atoms with Crippen molar-refractivity contribution in [3.8, 4) is 11.5 Å². The predicted molar refractivity (Wildman–Crippen MR) is 82.4 cm³/mol. The number of hydrogen-bond acceptors (Lipinski definition) is 2. The van der Waals surface area contributed by atoms with Crippen molar-refractivity contribution in [3.63, 3.8) is 0 Å². The highest BCUT2D eigenvalue weighted by Gasteiger charge is 2.11. The third-order valence-electron chi connectivity index (χ3n) is 3.30. The number of allylic oxidation sites excluding steroid dienone is 1. The second kappa shape index (κ2) is 7.48. The lowest BCUT2D eigenvalue weighted by atomic mass is 9.96. The van der Waals surface area contributed by atoms with Crippen molar-refractivity contribution in [1.82, 2.24) is 0 Å². The highest BCUT2D eigenvalue weighted by molar-refractivity contribution is 5.30. The van der Waals surface area contributed by atoms with Crippen LogP contribution in [-0.2, 0) is 0 Å². The quantitative estimate of drug-likeness (QED) is 0.694. The van der Waals surface area contributed by atoms with E-state index in [0.29, 0.717) is 12.4 Å². The molecule has 0 spiro atoms. The van der Waals surface area contributed by atoms with Gasteiger partial charge < -0.3 is 9.47 Å². The van der Waals surface area contributed by atoms with E-state index >= 15 is 0 Å². The number of ether oxygens (including phenoxy) is 2. The average Bonchev–Trinajstić information content (AvgIpc) is 2.53. The fraction of sp³-hybridized carbons (Fsp3) is 0.222. The van der Waals surface area contributed by atoms with Crippen LogP contribution in [0.4, 0.5) is 4.39 Å². The molecule has 2 aromatic rings. The molecule has 0 fully saturated rings. The number of halogens is 1. The van der Waals surface area contributed by atoms with Crippen LogP contribution in [0.3, 0.4) is 0 Å². The molecule has 2 aromatic carbocycles. The number of benzene rings is 2. The Balaban J connectivity index is 2.03. The third-order valence-corrected chi connectivity index (χ3v) is 3.30.